The van der Waals surface area contributed by atoms with Gasteiger partial charge in [-0.25, -0.2) is 4.98 Å². The number of rotatable bonds is 0. The highest BCUT2D eigenvalue weighted by molar-refractivity contribution is 9.10. The van der Waals surface area contributed by atoms with E-state index >= 15 is 0 Å². The van der Waals surface area contributed by atoms with Crippen LogP contribution in [0, 0.1) is 13.8 Å². The van der Waals surface area contributed by atoms with Gasteiger partial charge in [-0.1, -0.05) is 0 Å². The predicted octanol–water partition coefficient (Wildman–Crippen LogP) is 1.44. The van der Waals surface area contributed by atoms with Gasteiger partial charge < -0.3 is 0 Å². The molecule has 11 heavy (non-hydrogen) atoms. The Morgan fingerprint density at radius 2 is 2.18 bits per heavy atom. The molecular weight excluding hydrogens is 208 g/mol. The van der Waals surface area contributed by atoms with Crippen molar-refractivity contribution in [3.8, 4) is 0 Å². The molecule has 0 saturated heterocycles. The first kappa shape index (κ1) is 6.84. The number of nitrogens with zero attached hydrogens (tertiary/aromatic N) is 3. The van der Waals surface area contributed by atoms with Crippen molar-refractivity contribution in [1.29, 1.82) is 0 Å². The predicted molar refractivity (Wildman–Crippen MR) is 44.5 cm³/mol. The van der Waals surface area contributed by atoms with Crippen LogP contribution < -0.4 is 0 Å². The zero-order valence-corrected chi connectivity index (χ0v) is 7.81. The SMILES string of the molecule is Cc1nc2c(Br)c(C)[nH]n2n1. The summed E-state index contributed by atoms with van der Waals surface area (Å²) in [6.45, 7) is 3.83. The summed E-state index contributed by atoms with van der Waals surface area (Å²) in [6.07, 6.45) is 0. The summed E-state index contributed by atoms with van der Waals surface area (Å²) >= 11 is 3.41. The van der Waals surface area contributed by atoms with Crippen molar-refractivity contribution in [1.82, 2.24) is 19.8 Å². The second-order valence-electron chi connectivity index (χ2n) is 2.45. The van der Waals surface area contributed by atoms with E-state index in [-0.39, 0.29) is 0 Å². The van der Waals surface area contributed by atoms with Crippen LogP contribution in [0.1, 0.15) is 11.5 Å². The van der Waals surface area contributed by atoms with Gasteiger partial charge in [0.2, 0.25) is 0 Å². The molecule has 0 bridgehead atoms. The van der Waals surface area contributed by atoms with Gasteiger partial charge in [0.05, 0.1) is 4.47 Å². The average Bonchev–Trinajstić information content (AvgIpc) is 2.37. The monoisotopic (exact) mass is 214 g/mol. The van der Waals surface area contributed by atoms with Crippen molar-refractivity contribution in [2.75, 3.05) is 0 Å². The van der Waals surface area contributed by atoms with Gasteiger partial charge in [-0.2, -0.15) is 4.63 Å². The van der Waals surface area contributed by atoms with Gasteiger partial charge >= 0.3 is 0 Å². The maximum Gasteiger partial charge on any atom is 0.190 e. The van der Waals surface area contributed by atoms with Crippen LogP contribution in [0.2, 0.25) is 0 Å². The lowest BCUT2D eigenvalue weighted by molar-refractivity contribution is 0.793. The van der Waals surface area contributed by atoms with Crippen LogP contribution in [0.4, 0.5) is 0 Å². The number of aryl methyl sites for hydroxylation is 2. The highest BCUT2D eigenvalue weighted by Gasteiger charge is 2.08. The molecule has 2 heterocycles. The van der Waals surface area contributed by atoms with Gasteiger partial charge in [0, 0.05) is 5.69 Å². The van der Waals surface area contributed by atoms with Crippen LogP contribution in [0.25, 0.3) is 5.65 Å². The number of aromatic amines is 1. The van der Waals surface area contributed by atoms with E-state index < -0.39 is 0 Å². The summed E-state index contributed by atoms with van der Waals surface area (Å²) in [5.74, 6) is 0.775. The van der Waals surface area contributed by atoms with E-state index in [1.807, 2.05) is 13.8 Å². The van der Waals surface area contributed by atoms with E-state index in [1.165, 1.54) is 0 Å². The zero-order chi connectivity index (χ0) is 8.01. The van der Waals surface area contributed by atoms with Crippen LogP contribution >= 0.6 is 15.9 Å². The molecule has 0 saturated carbocycles. The summed E-state index contributed by atoms with van der Waals surface area (Å²) in [7, 11) is 0. The zero-order valence-electron chi connectivity index (χ0n) is 6.22. The first-order valence-electron chi connectivity index (χ1n) is 3.26. The van der Waals surface area contributed by atoms with Gasteiger partial charge in [0.15, 0.2) is 5.65 Å². The summed E-state index contributed by atoms with van der Waals surface area (Å²) in [5.41, 5.74) is 1.89. The van der Waals surface area contributed by atoms with E-state index in [0.717, 1.165) is 21.6 Å². The number of halogens is 1. The van der Waals surface area contributed by atoms with Crippen molar-refractivity contribution in [3.63, 3.8) is 0 Å². The quantitative estimate of drug-likeness (QED) is 0.722. The minimum absolute atomic E-state index is 0.775. The van der Waals surface area contributed by atoms with Crippen LogP contribution in [0.3, 0.4) is 0 Å². The normalized spacial score (nSPS) is 11.2. The second-order valence-corrected chi connectivity index (χ2v) is 3.24. The van der Waals surface area contributed by atoms with Crippen LogP contribution in [-0.2, 0) is 0 Å². The summed E-state index contributed by atoms with van der Waals surface area (Å²) in [4.78, 5) is 4.21. The Kier molecular flexibility index (Phi) is 1.29. The van der Waals surface area contributed by atoms with E-state index in [2.05, 4.69) is 31.1 Å². The van der Waals surface area contributed by atoms with E-state index in [1.54, 1.807) is 4.63 Å². The molecule has 0 aliphatic carbocycles. The highest BCUT2D eigenvalue weighted by Crippen LogP contribution is 2.19. The maximum atomic E-state index is 4.21. The Hall–Kier alpha value is -0.840. The number of nitrogens with one attached hydrogen (secondary N) is 1. The Balaban J connectivity index is 2.88. The summed E-state index contributed by atoms with van der Waals surface area (Å²) < 4.78 is 2.65. The molecule has 1 N–H and O–H groups in total. The smallest absolute Gasteiger partial charge is 0.190 e. The molecule has 2 aromatic rings. The fourth-order valence-corrected chi connectivity index (χ4v) is 1.36. The number of aromatic nitrogens is 4. The molecule has 0 unspecified atom stereocenters. The number of H-pyrrole nitrogens is 1. The van der Waals surface area contributed by atoms with Crippen molar-refractivity contribution in [3.05, 3.63) is 16.0 Å². The molecular formula is C6H7BrN4. The fraction of sp³-hybridized carbons (Fsp3) is 0.333. The summed E-state index contributed by atoms with van der Waals surface area (Å²) in [6, 6.07) is 0. The van der Waals surface area contributed by atoms with Crippen LogP contribution in [0.15, 0.2) is 4.47 Å². The lowest BCUT2D eigenvalue weighted by Crippen LogP contribution is -1.86. The molecule has 0 atom stereocenters. The molecule has 0 aromatic carbocycles. The Morgan fingerprint density at radius 1 is 1.45 bits per heavy atom. The standard InChI is InChI=1S/C6H7BrN4/c1-3-5(7)6-8-4(2)10-11(6)9-3/h9H,1-2H3. The molecule has 5 heteroatoms. The molecule has 0 radical (unpaired) electrons. The minimum atomic E-state index is 0.775. The number of hydrogen-bond donors (Lipinski definition) is 1. The average molecular weight is 215 g/mol. The fourth-order valence-electron chi connectivity index (χ4n) is 1.01. The molecule has 2 rings (SSSR count). The number of fused-ring (bicyclic) bond motifs is 1. The van der Waals surface area contributed by atoms with Crippen LogP contribution in [-0.4, -0.2) is 19.8 Å². The molecule has 0 amide bonds. The van der Waals surface area contributed by atoms with Crippen molar-refractivity contribution >= 4 is 21.6 Å². The molecule has 0 aliphatic rings. The van der Waals surface area contributed by atoms with E-state index in [9.17, 15) is 0 Å². The Labute approximate surface area is 71.7 Å². The lowest BCUT2D eigenvalue weighted by atomic mass is 10.5. The molecule has 0 spiro atoms. The largest absolute Gasteiger partial charge is 0.279 e. The number of hydrogen-bond acceptors (Lipinski definition) is 2. The Morgan fingerprint density at radius 3 is 2.82 bits per heavy atom. The van der Waals surface area contributed by atoms with Crippen molar-refractivity contribution in [2.45, 2.75) is 13.8 Å². The third-order valence-corrected chi connectivity index (χ3v) is 2.46. The van der Waals surface area contributed by atoms with Crippen molar-refractivity contribution < 1.29 is 0 Å². The van der Waals surface area contributed by atoms with E-state index in [4.69, 9.17) is 0 Å². The molecule has 58 valence electrons. The third kappa shape index (κ3) is 0.875. The molecule has 2 aromatic heterocycles. The first-order valence-corrected chi connectivity index (χ1v) is 4.05. The topological polar surface area (TPSA) is 46.0 Å². The molecule has 0 fully saturated rings. The van der Waals surface area contributed by atoms with Gasteiger partial charge in [0.25, 0.3) is 0 Å². The highest BCUT2D eigenvalue weighted by atomic mass is 79.9. The van der Waals surface area contributed by atoms with Gasteiger partial charge in [-0.15, -0.1) is 5.10 Å². The lowest BCUT2D eigenvalue weighted by Gasteiger charge is -1.81. The van der Waals surface area contributed by atoms with Gasteiger partial charge in [-0.3, -0.25) is 5.10 Å². The maximum absolute atomic E-state index is 4.21. The van der Waals surface area contributed by atoms with Gasteiger partial charge in [0.1, 0.15) is 5.82 Å². The summed E-state index contributed by atoms with van der Waals surface area (Å²) in [5, 5.41) is 7.16. The molecule has 4 nitrogen and oxygen atoms in total. The van der Waals surface area contributed by atoms with Gasteiger partial charge in [-0.05, 0) is 29.8 Å². The van der Waals surface area contributed by atoms with E-state index in [0.29, 0.717) is 0 Å². The Bertz CT molecular complexity index is 400. The first-order chi connectivity index (χ1) is 5.18. The minimum Gasteiger partial charge on any atom is -0.279 e. The second kappa shape index (κ2) is 2.07. The third-order valence-electron chi connectivity index (χ3n) is 1.51. The van der Waals surface area contributed by atoms with Crippen LogP contribution in [0.5, 0.6) is 0 Å². The molecule has 0 aliphatic heterocycles. The van der Waals surface area contributed by atoms with Crippen molar-refractivity contribution in [2.24, 2.45) is 0 Å².